The Labute approximate surface area is 126 Å². The highest BCUT2D eigenvalue weighted by molar-refractivity contribution is 6.62. The predicted octanol–water partition coefficient (Wildman–Crippen LogP) is 3.23. The molecule has 0 amide bonds. The van der Waals surface area contributed by atoms with Gasteiger partial charge in [0.05, 0.1) is 5.67 Å². The fourth-order valence-electron chi connectivity index (χ4n) is 3.24. The van der Waals surface area contributed by atoms with Gasteiger partial charge in [0.25, 0.3) is 0 Å². The molecule has 0 aromatic rings. The molecule has 20 heavy (non-hydrogen) atoms. The molecular weight excluding hydrogens is 270 g/mol. The van der Waals surface area contributed by atoms with E-state index in [9.17, 15) is 0 Å². The first kappa shape index (κ1) is 18.1. The van der Waals surface area contributed by atoms with Crippen molar-refractivity contribution in [2.45, 2.75) is 64.0 Å². The van der Waals surface area contributed by atoms with Crippen LogP contribution in [0.2, 0.25) is 0 Å². The maximum Gasteiger partial charge on any atom is 0.518 e. The highest BCUT2D eigenvalue weighted by atomic mass is 28.4. The molecule has 0 aromatic heterocycles. The van der Waals surface area contributed by atoms with Crippen LogP contribution in [-0.4, -0.2) is 53.8 Å². The molecule has 0 radical (unpaired) electrons. The lowest BCUT2D eigenvalue weighted by Gasteiger charge is -2.41. The molecule has 0 aromatic carbocycles. The molecule has 1 unspecified atom stereocenters. The summed E-state index contributed by atoms with van der Waals surface area (Å²) in [7, 11) is 2.65. The Bertz CT molecular complexity index is 235. The van der Waals surface area contributed by atoms with Gasteiger partial charge in [-0.3, -0.25) is 4.90 Å². The third-order valence-corrected chi connectivity index (χ3v) is 7.60. The Morgan fingerprint density at radius 1 is 0.900 bits per heavy atom. The molecule has 1 aliphatic rings. The average molecular weight is 304 g/mol. The van der Waals surface area contributed by atoms with Gasteiger partial charge in [0.15, 0.2) is 0 Å². The maximum atomic E-state index is 5.76. The summed E-state index contributed by atoms with van der Waals surface area (Å²) in [6.07, 6.45) is 10.2. The molecule has 0 saturated carbocycles. The van der Waals surface area contributed by atoms with E-state index in [4.69, 9.17) is 13.3 Å². The largest absolute Gasteiger partial charge is 0.518 e. The zero-order valence-electron chi connectivity index (χ0n) is 13.8. The van der Waals surface area contributed by atoms with Gasteiger partial charge in [-0.2, -0.15) is 0 Å². The van der Waals surface area contributed by atoms with E-state index in [1.54, 1.807) is 21.3 Å². The van der Waals surface area contributed by atoms with Gasteiger partial charge in [-0.1, -0.05) is 39.0 Å². The minimum absolute atomic E-state index is 0.319. The van der Waals surface area contributed by atoms with Crippen LogP contribution in [-0.2, 0) is 13.3 Å². The van der Waals surface area contributed by atoms with Crippen LogP contribution in [0.1, 0.15) is 58.3 Å². The van der Waals surface area contributed by atoms with Crippen LogP contribution < -0.4 is 0 Å². The van der Waals surface area contributed by atoms with Crippen LogP contribution >= 0.6 is 0 Å². The normalized spacial score (nSPS) is 19.2. The molecule has 1 atom stereocenters. The lowest BCUT2D eigenvalue weighted by Crippen LogP contribution is -2.62. The predicted molar refractivity (Wildman–Crippen MR) is 84.8 cm³/mol. The number of likely N-dealkylation sites (tertiary alicyclic amines) is 1. The van der Waals surface area contributed by atoms with Crippen molar-refractivity contribution in [2.24, 2.45) is 0 Å². The van der Waals surface area contributed by atoms with Gasteiger partial charge in [0, 0.05) is 21.3 Å². The summed E-state index contributed by atoms with van der Waals surface area (Å²) in [5.74, 6) is 0. The van der Waals surface area contributed by atoms with Crippen LogP contribution in [0.5, 0.6) is 0 Å². The van der Waals surface area contributed by atoms with Crippen molar-refractivity contribution in [3.05, 3.63) is 0 Å². The molecule has 1 heterocycles. The van der Waals surface area contributed by atoms with Crippen molar-refractivity contribution in [1.29, 1.82) is 0 Å². The molecule has 0 spiro atoms. The fraction of sp³-hybridized carbons (Fsp3) is 1.00. The summed E-state index contributed by atoms with van der Waals surface area (Å²) < 4.78 is 17.3. The Hall–Kier alpha value is 0.0569. The van der Waals surface area contributed by atoms with Gasteiger partial charge in [0.2, 0.25) is 0 Å². The first-order valence-corrected chi connectivity index (χ1v) is 9.93. The summed E-state index contributed by atoms with van der Waals surface area (Å²) >= 11 is 0. The van der Waals surface area contributed by atoms with Crippen LogP contribution in [0.3, 0.4) is 0 Å². The highest BCUT2D eigenvalue weighted by Crippen LogP contribution is 2.26. The Kier molecular flexibility index (Phi) is 8.96. The van der Waals surface area contributed by atoms with Gasteiger partial charge in [0.1, 0.15) is 0 Å². The van der Waals surface area contributed by atoms with Crippen molar-refractivity contribution in [2.75, 3.05) is 34.4 Å². The van der Waals surface area contributed by atoms with Gasteiger partial charge >= 0.3 is 8.80 Å². The smallest absolute Gasteiger partial charge is 0.376 e. The van der Waals surface area contributed by atoms with Crippen LogP contribution in [0.25, 0.3) is 0 Å². The van der Waals surface area contributed by atoms with E-state index in [1.165, 1.54) is 44.9 Å². The molecule has 120 valence electrons. The quantitative estimate of drug-likeness (QED) is 0.458. The summed E-state index contributed by atoms with van der Waals surface area (Å²) in [5, 5.41) is 0. The molecular formula is C15H33NO3Si. The summed E-state index contributed by atoms with van der Waals surface area (Å²) in [6.45, 7) is 4.56. The van der Waals surface area contributed by atoms with E-state index >= 15 is 0 Å². The van der Waals surface area contributed by atoms with Gasteiger partial charge < -0.3 is 13.3 Å². The number of unbranched alkanes of at least 4 members (excludes halogenated alkanes) is 3. The van der Waals surface area contributed by atoms with Crippen molar-refractivity contribution >= 4 is 8.80 Å². The maximum absolute atomic E-state index is 5.76. The second-order valence-corrected chi connectivity index (χ2v) is 8.78. The van der Waals surface area contributed by atoms with E-state index < -0.39 is 8.80 Å². The highest BCUT2D eigenvalue weighted by Gasteiger charge is 2.49. The zero-order chi connectivity index (χ0) is 14.8. The summed E-state index contributed by atoms with van der Waals surface area (Å²) in [5.41, 5.74) is 0.319. The minimum atomic E-state index is -2.57. The van der Waals surface area contributed by atoms with Crippen molar-refractivity contribution in [3.63, 3.8) is 0 Å². The summed E-state index contributed by atoms with van der Waals surface area (Å²) in [4.78, 5) is 2.55. The Morgan fingerprint density at radius 3 is 2.00 bits per heavy atom. The van der Waals surface area contributed by atoms with Crippen molar-refractivity contribution in [1.82, 2.24) is 4.90 Å². The first-order chi connectivity index (χ1) is 9.74. The molecule has 1 fully saturated rings. The van der Waals surface area contributed by atoms with Gasteiger partial charge in [-0.05, 0) is 32.4 Å². The number of hydrogen-bond acceptors (Lipinski definition) is 4. The Balaban J connectivity index is 2.70. The molecule has 0 bridgehead atoms. The number of rotatable bonds is 10. The fourth-order valence-corrected chi connectivity index (χ4v) is 5.81. The standard InChI is InChI=1S/C15H33NO3Si/c1-5-6-7-9-12-15(16-13-10-8-11-14-16)20(17-2,18-3)19-4/h15H,5-14H2,1-4H3. The molecule has 1 rings (SSSR count). The van der Waals surface area contributed by atoms with Gasteiger partial charge in [-0.25, -0.2) is 0 Å². The number of piperidine rings is 1. The van der Waals surface area contributed by atoms with Crippen molar-refractivity contribution < 1.29 is 13.3 Å². The van der Waals surface area contributed by atoms with Crippen molar-refractivity contribution in [3.8, 4) is 0 Å². The minimum Gasteiger partial charge on any atom is -0.376 e. The summed E-state index contributed by atoms with van der Waals surface area (Å²) in [6, 6.07) is 0. The van der Waals surface area contributed by atoms with E-state index in [0.717, 1.165) is 19.5 Å². The molecule has 0 N–H and O–H groups in total. The van der Waals surface area contributed by atoms with Crippen LogP contribution in [0.15, 0.2) is 0 Å². The van der Waals surface area contributed by atoms with E-state index in [-0.39, 0.29) is 0 Å². The monoisotopic (exact) mass is 303 g/mol. The molecule has 4 nitrogen and oxygen atoms in total. The van der Waals surface area contributed by atoms with Crippen LogP contribution in [0, 0.1) is 0 Å². The molecule has 1 saturated heterocycles. The van der Waals surface area contributed by atoms with Gasteiger partial charge in [-0.15, -0.1) is 0 Å². The third-order valence-electron chi connectivity index (χ3n) is 4.42. The SMILES string of the molecule is CCCCCCC(N1CCCCC1)[Si](OC)(OC)OC. The molecule has 5 heteroatoms. The molecule has 0 aliphatic carbocycles. The number of hydrogen-bond donors (Lipinski definition) is 0. The van der Waals surface area contributed by atoms with Crippen LogP contribution in [0.4, 0.5) is 0 Å². The number of nitrogens with zero attached hydrogens (tertiary/aromatic N) is 1. The lowest BCUT2D eigenvalue weighted by atomic mass is 10.1. The van der Waals surface area contributed by atoms with E-state index in [1.807, 2.05) is 0 Å². The average Bonchev–Trinajstić information content (AvgIpc) is 2.52. The lowest BCUT2D eigenvalue weighted by molar-refractivity contribution is 0.0630. The van der Waals surface area contributed by atoms with E-state index in [0.29, 0.717) is 5.67 Å². The first-order valence-electron chi connectivity index (χ1n) is 8.13. The Morgan fingerprint density at radius 2 is 1.50 bits per heavy atom. The second kappa shape index (κ2) is 9.90. The topological polar surface area (TPSA) is 30.9 Å². The third kappa shape index (κ3) is 4.81. The zero-order valence-corrected chi connectivity index (χ0v) is 14.8. The van der Waals surface area contributed by atoms with E-state index in [2.05, 4.69) is 11.8 Å². The molecule has 1 aliphatic heterocycles. The second-order valence-electron chi connectivity index (χ2n) is 5.68.